The first kappa shape index (κ1) is 37.2. The molecule has 73 heavy (non-hydrogen) atoms. The first-order chi connectivity index (χ1) is 38.0. The average molecular weight is 955 g/mol. The molecular formula is C70H47NOS. The predicted octanol–water partition coefficient (Wildman–Crippen LogP) is 19.2. The Morgan fingerprint density at radius 1 is 0.397 bits per heavy atom. The number of anilines is 3. The van der Waals surface area contributed by atoms with Crippen LogP contribution in [0, 0.1) is 0 Å². The van der Waals surface area contributed by atoms with Crippen molar-refractivity contribution < 1.29 is 11.3 Å². The summed E-state index contributed by atoms with van der Waals surface area (Å²) in [5.41, 5.74) is 20.4. The molecule has 0 amide bonds. The molecule has 2 heterocycles. The van der Waals surface area contributed by atoms with E-state index in [2.05, 4.69) is 201 Å². The van der Waals surface area contributed by atoms with E-state index in [1.54, 1.807) is 11.8 Å². The molecule has 2 aliphatic carbocycles. The Bertz CT molecular complexity index is 4480. The maximum atomic E-state index is 9.10. The summed E-state index contributed by atoms with van der Waals surface area (Å²) in [6, 6.07) is 76.8. The third-order valence-corrected chi connectivity index (χ3v) is 17.0. The molecule has 0 bridgehead atoms. The van der Waals surface area contributed by atoms with Gasteiger partial charge in [0.1, 0.15) is 11.2 Å². The Balaban J connectivity index is 1.05. The van der Waals surface area contributed by atoms with E-state index in [9.17, 15) is 0 Å². The zero-order chi connectivity index (χ0) is 52.8. The Kier molecular flexibility index (Phi) is 8.12. The van der Waals surface area contributed by atoms with Gasteiger partial charge in [-0.15, -0.1) is 0 Å². The number of furan rings is 1. The van der Waals surface area contributed by atoms with Gasteiger partial charge in [-0.2, -0.15) is 0 Å². The topological polar surface area (TPSA) is 16.4 Å². The lowest BCUT2D eigenvalue weighted by Gasteiger charge is -2.41. The van der Waals surface area contributed by atoms with E-state index < -0.39 is 11.5 Å². The van der Waals surface area contributed by atoms with Crippen LogP contribution < -0.4 is 4.90 Å². The average Bonchev–Trinajstić information content (AvgIpc) is 4.14. The summed E-state index contributed by atoms with van der Waals surface area (Å²) >= 11 is 1.77. The van der Waals surface area contributed by atoms with Gasteiger partial charge in [0, 0.05) is 43.0 Å². The first-order valence-electron chi connectivity index (χ1n) is 27.4. The largest absolute Gasteiger partial charge is 0.456 e. The first-order valence-corrected chi connectivity index (χ1v) is 25.7. The number of fused-ring (bicyclic) bond motifs is 15. The van der Waals surface area contributed by atoms with Crippen LogP contribution in [-0.2, 0) is 10.8 Å². The summed E-state index contributed by atoms with van der Waals surface area (Å²) < 4.78 is 50.4. The highest BCUT2D eigenvalue weighted by Gasteiger charge is 2.51. The SMILES string of the molecule is [2H]c1c([2H])c([2H])c(-c2cccc(-c3cc(N(c4cccc(-c5cccc6oc7ccccc7c56)c4)c4ccc5c(c4)C(C)(C)c4ccccc4-5)cc4c3Sc3ccccc3C43c4ccccc4-c4ccccc43)c2)c([2H])c1[2H]. The Morgan fingerprint density at radius 2 is 0.973 bits per heavy atom. The molecule has 1 spiro atoms. The van der Waals surface area contributed by atoms with Crippen LogP contribution in [0.3, 0.4) is 0 Å². The van der Waals surface area contributed by atoms with Crippen LogP contribution >= 0.6 is 11.8 Å². The van der Waals surface area contributed by atoms with Gasteiger partial charge in [0.15, 0.2) is 0 Å². The standard InChI is InChI=1S/C70H47NOS/c1-69(2)58-30-10-6-25-52(58)55-38-37-49(42-62(55)69)71(48-24-17-23-47(40-48)51-29-18-35-65-67(51)56-28-9-14-34-64(56)72-65)50-41-57(46-22-16-21-45(39-46)44-19-4-3-5-20-44)68-63(43-50)70(61-33-13-15-36-66(61)73-68)59-31-11-7-26-53(59)54-27-8-12-32-60(54)70/h3-43H,1-2H3/i3D,4D,5D,19D,20D. The van der Waals surface area contributed by atoms with Crippen molar-refractivity contribution in [3.8, 4) is 55.6 Å². The molecule has 2 nitrogen and oxygen atoms in total. The molecular weight excluding hydrogens is 903 g/mol. The van der Waals surface area contributed by atoms with Crippen molar-refractivity contribution in [1.82, 2.24) is 0 Å². The van der Waals surface area contributed by atoms with Crippen molar-refractivity contribution in [3.05, 3.63) is 282 Å². The maximum absolute atomic E-state index is 9.10. The molecule has 1 aliphatic heterocycles. The van der Waals surface area contributed by atoms with Crippen molar-refractivity contribution in [2.75, 3.05) is 4.90 Å². The Morgan fingerprint density at radius 3 is 1.77 bits per heavy atom. The normalized spacial score (nSPS) is 15.0. The van der Waals surface area contributed by atoms with Crippen molar-refractivity contribution in [2.24, 2.45) is 0 Å². The number of nitrogens with zero attached hydrogens (tertiary/aromatic N) is 1. The molecule has 11 aromatic carbocycles. The highest BCUT2D eigenvalue weighted by molar-refractivity contribution is 7.99. The van der Waals surface area contributed by atoms with Crippen molar-refractivity contribution in [2.45, 2.75) is 34.5 Å². The zero-order valence-corrected chi connectivity index (χ0v) is 40.9. The van der Waals surface area contributed by atoms with Gasteiger partial charge in [-0.05, 0) is 150 Å². The summed E-state index contributed by atoms with van der Waals surface area (Å²) in [5, 5.41) is 2.14. The fourth-order valence-corrected chi connectivity index (χ4v) is 13.9. The van der Waals surface area contributed by atoms with Gasteiger partial charge in [0.05, 0.1) is 12.3 Å². The molecule has 0 N–H and O–H groups in total. The highest BCUT2D eigenvalue weighted by Crippen LogP contribution is 2.64. The van der Waals surface area contributed by atoms with Crippen LogP contribution in [-0.4, -0.2) is 0 Å². The molecule has 0 saturated carbocycles. The summed E-state index contributed by atoms with van der Waals surface area (Å²) in [4.78, 5) is 4.66. The van der Waals surface area contributed by atoms with Crippen LogP contribution in [0.5, 0.6) is 0 Å². The van der Waals surface area contributed by atoms with E-state index in [0.717, 1.165) is 76.6 Å². The number of rotatable bonds is 6. The second-order valence-electron chi connectivity index (χ2n) is 20.0. The van der Waals surface area contributed by atoms with Gasteiger partial charge in [-0.1, -0.05) is 214 Å². The quantitative estimate of drug-likeness (QED) is 0.165. The van der Waals surface area contributed by atoms with Crippen LogP contribution in [0.25, 0.3) is 77.6 Å². The predicted molar refractivity (Wildman–Crippen MR) is 304 cm³/mol. The van der Waals surface area contributed by atoms with Crippen LogP contribution in [0.1, 0.15) is 54.1 Å². The summed E-state index contributed by atoms with van der Waals surface area (Å²) in [6.07, 6.45) is 0. The molecule has 0 saturated heterocycles. The summed E-state index contributed by atoms with van der Waals surface area (Å²) in [5.74, 6) is 0. The molecule has 3 heteroatoms. The minimum absolute atomic E-state index is 0.168. The maximum Gasteiger partial charge on any atom is 0.136 e. The molecule has 344 valence electrons. The van der Waals surface area contributed by atoms with Gasteiger partial charge < -0.3 is 9.32 Å². The number of hydrogen-bond acceptors (Lipinski definition) is 3. The summed E-state index contributed by atoms with van der Waals surface area (Å²) in [6.45, 7) is 4.66. The van der Waals surface area contributed by atoms with Crippen molar-refractivity contribution in [3.63, 3.8) is 0 Å². The lowest BCUT2D eigenvalue weighted by Crippen LogP contribution is -2.32. The number of hydrogen-bond donors (Lipinski definition) is 0. The third kappa shape index (κ3) is 6.13. The zero-order valence-electron chi connectivity index (χ0n) is 45.0. The smallest absolute Gasteiger partial charge is 0.136 e. The van der Waals surface area contributed by atoms with E-state index in [-0.39, 0.29) is 35.1 Å². The Hall–Kier alpha value is -8.63. The van der Waals surface area contributed by atoms with Gasteiger partial charge in [-0.25, -0.2) is 0 Å². The molecule has 0 unspecified atom stereocenters. The molecule has 12 aromatic rings. The lowest BCUT2D eigenvalue weighted by atomic mass is 9.66. The minimum Gasteiger partial charge on any atom is -0.456 e. The van der Waals surface area contributed by atoms with Gasteiger partial charge in [-0.3, -0.25) is 0 Å². The molecule has 0 fully saturated rings. The fraction of sp³-hybridized carbons (Fsp3) is 0.0571. The molecule has 3 aliphatic rings. The van der Waals surface area contributed by atoms with Gasteiger partial charge in [0.2, 0.25) is 0 Å². The summed E-state index contributed by atoms with van der Waals surface area (Å²) in [7, 11) is 0. The lowest BCUT2D eigenvalue weighted by molar-refractivity contribution is 0.660. The van der Waals surface area contributed by atoms with Crippen molar-refractivity contribution >= 4 is 50.8 Å². The Labute approximate surface area is 436 Å². The number of para-hydroxylation sites is 1. The van der Waals surface area contributed by atoms with E-state index in [0.29, 0.717) is 5.56 Å². The van der Waals surface area contributed by atoms with Crippen LogP contribution in [0.2, 0.25) is 0 Å². The van der Waals surface area contributed by atoms with Crippen molar-refractivity contribution in [1.29, 1.82) is 0 Å². The number of benzene rings is 11. The van der Waals surface area contributed by atoms with Crippen LogP contribution in [0.15, 0.2) is 263 Å². The van der Waals surface area contributed by atoms with E-state index >= 15 is 0 Å². The second-order valence-corrected chi connectivity index (χ2v) is 21.0. The minimum atomic E-state index is -0.743. The molecule has 0 radical (unpaired) electrons. The van der Waals surface area contributed by atoms with Gasteiger partial charge in [0.25, 0.3) is 0 Å². The molecule has 1 aromatic heterocycles. The van der Waals surface area contributed by atoms with Gasteiger partial charge >= 0.3 is 0 Å². The van der Waals surface area contributed by atoms with E-state index in [4.69, 9.17) is 11.3 Å². The highest BCUT2D eigenvalue weighted by atomic mass is 32.2. The third-order valence-electron chi connectivity index (χ3n) is 15.8. The van der Waals surface area contributed by atoms with E-state index in [1.165, 1.54) is 50.1 Å². The monoisotopic (exact) mass is 954 g/mol. The van der Waals surface area contributed by atoms with E-state index in [1.807, 2.05) is 36.4 Å². The molecule has 15 rings (SSSR count). The van der Waals surface area contributed by atoms with Crippen LogP contribution in [0.4, 0.5) is 17.1 Å². The second kappa shape index (κ2) is 15.9. The molecule has 0 atom stereocenters. The fourth-order valence-electron chi connectivity index (χ4n) is 12.6.